The summed E-state index contributed by atoms with van der Waals surface area (Å²) in [6.07, 6.45) is 2.86. The van der Waals surface area contributed by atoms with E-state index in [2.05, 4.69) is 9.97 Å². The molecule has 0 bridgehead atoms. The summed E-state index contributed by atoms with van der Waals surface area (Å²) in [6.45, 7) is 0.691. The molecule has 0 saturated carbocycles. The Morgan fingerprint density at radius 3 is 3.00 bits per heavy atom. The average molecular weight is 264 g/mol. The van der Waals surface area contributed by atoms with E-state index in [1.807, 2.05) is 0 Å². The fourth-order valence-electron chi connectivity index (χ4n) is 2.32. The third kappa shape index (κ3) is 2.19. The number of benzene rings is 1. The number of hydrogen-bond acceptors (Lipinski definition) is 3. The molecule has 0 radical (unpaired) electrons. The number of H-pyrrole nitrogens is 1. The molecule has 6 heteroatoms. The summed E-state index contributed by atoms with van der Waals surface area (Å²) in [5.74, 6) is -1.42. The molecular weight excluding hydrogens is 251 g/mol. The number of nitrogens with one attached hydrogen (secondary N) is 1. The topological polar surface area (TPSA) is 75.2 Å². The Morgan fingerprint density at radius 1 is 1.47 bits per heavy atom. The van der Waals surface area contributed by atoms with Gasteiger partial charge in [0.05, 0.1) is 16.6 Å². The van der Waals surface area contributed by atoms with E-state index in [9.17, 15) is 9.18 Å². The highest BCUT2D eigenvalue weighted by Crippen LogP contribution is 2.28. The highest BCUT2D eigenvalue weighted by atomic mass is 19.1. The molecule has 1 atom stereocenters. The molecule has 0 spiro atoms. The first-order valence-electron chi connectivity index (χ1n) is 6.19. The smallest absolute Gasteiger partial charge is 0.338 e. The van der Waals surface area contributed by atoms with Gasteiger partial charge in [0.15, 0.2) is 0 Å². The van der Waals surface area contributed by atoms with Gasteiger partial charge in [0.2, 0.25) is 0 Å². The number of nitrogens with zero attached hydrogens (tertiary/aromatic N) is 1. The van der Waals surface area contributed by atoms with Crippen molar-refractivity contribution in [3.05, 3.63) is 29.3 Å². The lowest BCUT2D eigenvalue weighted by Crippen LogP contribution is -2.12. The van der Waals surface area contributed by atoms with E-state index in [1.54, 1.807) is 0 Å². The van der Waals surface area contributed by atoms with Crippen molar-refractivity contribution in [3.8, 4) is 0 Å². The highest BCUT2D eigenvalue weighted by Gasteiger charge is 2.21. The second-order valence-electron chi connectivity index (χ2n) is 4.63. The molecule has 1 aromatic heterocycles. The first-order chi connectivity index (χ1) is 9.15. The van der Waals surface area contributed by atoms with Crippen LogP contribution in [0.5, 0.6) is 0 Å². The number of aromatic carboxylic acids is 1. The van der Waals surface area contributed by atoms with E-state index in [4.69, 9.17) is 9.84 Å². The minimum Gasteiger partial charge on any atom is -0.478 e. The number of ether oxygens (including phenoxy) is 1. The Hall–Kier alpha value is -1.95. The Balaban J connectivity index is 2.02. The molecule has 1 aliphatic heterocycles. The fraction of sp³-hybridized carbons (Fsp3) is 0.385. The molecule has 1 aliphatic rings. The molecule has 1 unspecified atom stereocenters. The number of carboxylic acids is 1. The molecule has 2 heterocycles. The van der Waals surface area contributed by atoms with E-state index >= 15 is 0 Å². The zero-order valence-electron chi connectivity index (χ0n) is 10.1. The Kier molecular flexibility index (Phi) is 2.94. The zero-order chi connectivity index (χ0) is 13.4. The molecule has 2 aromatic rings. The van der Waals surface area contributed by atoms with Crippen LogP contribution >= 0.6 is 0 Å². The van der Waals surface area contributed by atoms with Gasteiger partial charge < -0.3 is 14.8 Å². The first-order valence-corrected chi connectivity index (χ1v) is 6.19. The number of halogens is 1. The molecule has 1 aromatic carbocycles. The van der Waals surface area contributed by atoms with Gasteiger partial charge in [0.1, 0.15) is 17.7 Å². The van der Waals surface area contributed by atoms with Crippen LogP contribution in [0.3, 0.4) is 0 Å². The zero-order valence-corrected chi connectivity index (χ0v) is 10.1. The van der Waals surface area contributed by atoms with Gasteiger partial charge in [0.25, 0.3) is 0 Å². The molecular formula is C13H13FN2O3. The molecule has 0 aliphatic carbocycles. The number of hydrogen-bond donors (Lipinski definition) is 2. The van der Waals surface area contributed by atoms with E-state index in [0.29, 0.717) is 23.5 Å². The van der Waals surface area contributed by atoms with Crippen molar-refractivity contribution in [1.29, 1.82) is 0 Å². The largest absolute Gasteiger partial charge is 0.478 e. The van der Waals surface area contributed by atoms with Crippen LogP contribution in [0.1, 0.15) is 41.5 Å². The minimum absolute atomic E-state index is 0.113. The monoisotopic (exact) mass is 264 g/mol. The fourth-order valence-corrected chi connectivity index (χ4v) is 2.32. The van der Waals surface area contributed by atoms with Gasteiger partial charge in [-0.2, -0.15) is 0 Å². The second kappa shape index (κ2) is 4.62. The number of carboxylic acid groups (broad SMARTS) is 1. The van der Waals surface area contributed by atoms with Crippen LogP contribution in [0.25, 0.3) is 11.0 Å². The molecule has 19 heavy (non-hydrogen) atoms. The maximum Gasteiger partial charge on any atom is 0.338 e. The van der Waals surface area contributed by atoms with E-state index in [-0.39, 0.29) is 11.7 Å². The van der Waals surface area contributed by atoms with Gasteiger partial charge >= 0.3 is 5.97 Å². The van der Waals surface area contributed by atoms with Crippen molar-refractivity contribution in [2.24, 2.45) is 0 Å². The number of fused-ring (bicyclic) bond motifs is 1. The normalized spacial score (nSPS) is 19.7. The molecule has 1 saturated heterocycles. The summed E-state index contributed by atoms with van der Waals surface area (Å²) in [7, 11) is 0. The molecule has 100 valence electrons. The minimum atomic E-state index is -1.29. The standard InChI is InChI=1S/C13H13FN2O3/c14-8-6-10-9(5-7(8)13(17)18)15-12(16-10)11-3-1-2-4-19-11/h5-6,11H,1-4H2,(H,15,16)(H,17,18). The van der Waals surface area contributed by atoms with Crippen LogP contribution in [-0.4, -0.2) is 27.7 Å². The Labute approximate surface area is 108 Å². The lowest BCUT2D eigenvalue weighted by molar-refractivity contribution is 0.0101. The van der Waals surface area contributed by atoms with Crippen molar-refractivity contribution >= 4 is 17.0 Å². The molecule has 5 nitrogen and oxygen atoms in total. The summed E-state index contributed by atoms with van der Waals surface area (Å²) in [5.41, 5.74) is 0.574. The quantitative estimate of drug-likeness (QED) is 0.874. The average Bonchev–Trinajstić information content (AvgIpc) is 2.81. The first kappa shape index (κ1) is 12.1. The van der Waals surface area contributed by atoms with Crippen LogP contribution in [-0.2, 0) is 4.74 Å². The van der Waals surface area contributed by atoms with Gasteiger partial charge in [-0.15, -0.1) is 0 Å². The van der Waals surface area contributed by atoms with Gasteiger partial charge in [-0.05, 0) is 25.3 Å². The van der Waals surface area contributed by atoms with Crippen LogP contribution in [0.2, 0.25) is 0 Å². The summed E-state index contributed by atoms with van der Waals surface area (Å²) in [4.78, 5) is 18.2. The van der Waals surface area contributed by atoms with Crippen molar-refractivity contribution in [1.82, 2.24) is 9.97 Å². The third-order valence-electron chi connectivity index (χ3n) is 3.30. The molecule has 3 rings (SSSR count). The Morgan fingerprint density at radius 2 is 2.32 bits per heavy atom. The highest BCUT2D eigenvalue weighted by molar-refractivity contribution is 5.92. The summed E-state index contributed by atoms with van der Waals surface area (Å²) >= 11 is 0. The lowest BCUT2D eigenvalue weighted by atomic mass is 10.1. The van der Waals surface area contributed by atoms with Crippen molar-refractivity contribution in [3.63, 3.8) is 0 Å². The van der Waals surface area contributed by atoms with Gasteiger partial charge in [-0.1, -0.05) is 0 Å². The van der Waals surface area contributed by atoms with Crippen molar-refractivity contribution in [2.75, 3.05) is 6.61 Å². The maximum atomic E-state index is 13.6. The summed E-state index contributed by atoms with van der Waals surface area (Å²) in [6, 6.07) is 2.41. The van der Waals surface area contributed by atoms with Crippen molar-refractivity contribution < 1.29 is 19.0 Å². The van der Waals surface area contributed by atoms with Crippen LogP contribution in [0.4, 0.5) is 4.39 Å². The lowest BCUT2D eigenvalue weighted by Gasteiger charge is -2.20. The van der Waals surface area contributed by atoms with Gasteiger partial charge in [0, 0.05) is 12.7 Å². The third-order valence-corrected chi connectivity index (χ3v) is 3.30. The summed E-state index contributed by atoms with van der Waals surface area (Å²) in [5, 5.41) is 8.88. The number of carbonyl (C=O) groups is 1. The predicted octanol–water partition coefficient (Wildman–Crippen LogP) is 2.64. The van der Waals surface area contributed by atoms with Crippen LogP contribution in [0, 0.1) is 5.82 Å². The predicted molar refractivity (Wildman–Crippen MR) is 65.6 cm³/mol. The number of aromatic amines is 1. The van der Waals surface area contributed by atoms with E-state index in [1.165, 1.54) is 6.07 Å². The molecule has 2 N–H and O–H groups in total. The van der Waals surface area contributed by atoms with Gasteiger partial charge in [-0.25, -0.2) is 14.2 Å². The number of aromatic nitrogens is 2. The SMILES string of the molecule is O=C(O)c1cc2nc(C3CCCCO3)[nH]c2cc1F. The number of imidazole rings is 1. The van der Waals surface area contributed by atoms with Gasteiger partial charge in [-0.3, -0.25) is 0 Å². The van der Waals surface area contributed by atoms with Crippen LogP contribution < -0.4 is 0 Å². The summed E-state index contributed by atoms with van der Waals surface area (Å²) < 4.78 is 19.2. The number of rotatable bonds is 2. The van der Waals surface area contributed by atoms with E-state index < -0.39 is 11.8 Å². The molecule has 0 amide bonds. The van der Waals surface area contributed by atoms with Crippen molar-refractivity contribution in [2.45, 2.75) is 25.4 Å². The molecule has 1 fully saturated rings. The second-order valence-corrected chi connectivity index (χ2v) is 4.63. The van der Waals surface area contributed by atoms with E-state index in [0.717, 1.165) is 25.3 Å². The van der Waals surface area contributed by atoms with Crippen LogP contribution in [0.15, 0.2) is 12.1 Å². The maximum absolute atomic E-state index is 13.6. The Bertz CT molecular complexity index is 632.